The quantitative estimate of drug-likeness (QED) is 0.745. The third-order valence-corrected chi connectivity index (χ3v) is 4.81. The molecule has 5 heteroatoms. The molecule has 0 bridgehead atoms. The minimum Gasteiger partial charge on any atom is -0.352 e. The first kappa shape index (κ1) is 18.5. The van der Waals surface area contributed by atoms with Gasteiger partial charge in [-0.15, -0.1) is 0 Å². The van der Waals surface area contributed by atoms with E-state index in [-0.39, 0.29) is 30.3 Å². The normalized spacial score (nSPS) is 22.0. The summed E-state index contributed by atoms with van der Waals surface area (Å²) < 4.78 is 0. The van der Waals surface area contributed by atoms with Crippen molar-refractivity contribution in [1.82, 2.24) is 10.6 Å². The molecule has 0 saturated heterocycles. The average molecular weight is 331 g/mol. The molecule has 0 aromatic heterocycles. The molecule has 0 radical (unpaired) electrons. The van der Waals surface area contributed by atoms with Gasteiger partial charge >= 0.3 is 0 Å². The molecule has 1 fully saturated rings. The Hall–Kier alpha value is -1.88. The summed E-state index contributed by atoms with van der Waals surface area (Å²) in [6.45, 7) is 3.77. The van der Waals surface area contributed by atoms with Crippen molar-refractivity contribution < 1.29 is 9.59 Å². The smallest absolute Gasteiger partial charge is 0.239 e. The molecule has 1 atom stereocenters. The summed E-state index contributed by atoms with van der Waals surface area (Å²) in [6.07, 6.45) is 4.12. The van der Waals surface area contributed by atoms with Crippen LogP contribution in [-0.2, 0) is 9.59 Å². The van der Waals surface area contributed by atoms with Gasteiger partial charge < -0.3 is 16.4 Å². The number of amides is 2. The first-order valence-electron chi connectivity index (χ1n) is 8.85. The van der Waals surface area contributed by atoms with Crippen molar-refractivity contribution in [2.24, 2.45) is 11.7 Å². The van der Waals surface area contributed by atoms with Crippen LogP contribution in [0.4, 0.5) is 0 Å². The number of hydrogen-bond donors (Lipinski definition) is 3. The lowest BCUT2D eigenvalue weighted by molar-refractivity contribution is -0.127. The fourth-order valence-corrected chi connectivity index (χ4v) is 3.16. The molecule has 1 aliphatic carbocycles. The van der Waals surface area contributed by atoms with Gasteiger partial charge in [0.05, 0.1) is 12.6 Å². The van der Waals surface area contributed by atoms with Gasteiger partial charge in [-0.1, -0.05) is 44.2 Å². The second-order valence-corrected chi connectivity index (χ2v) is 7.01. The Balaban J connectivity index is 1.70. The fourth-order valence-electron chi connectivity index (χ4n) is 3.16. The van der Waals surface area contributed by atoms with E-state index in [0.717, 1.165) is 25.7 Å². The van der Waals surface area contributed by atoms with Crippen molar-refractivity contribution in [3.8, 4) is 0 Å². The molecule has 1 aliphatic rings. The highest BCUT2D eigenvalue weighted by atomic mass is 16.2. The Morgan fingerprint density at radius 2 is 1.75 bits per heavy atom. The predicted octanol–water partition coefficient (Wildman–Crippen LogP) is 1.93. The number of carbonyl (C=O) groups excluding carboxylic acids is 2. The van der Waals surface area contributed by atoms with Crippen LogP contribution in [0.25, 0.3) is 0 Å². The van der Waals surface area contributed by atoms with E-state index in [1.165, 1.54) is 5.56 Å². The van der Waals surface area contributed by atoms with Gasteiger partial charge in [0, 0.05) is 6.04 Å². The molecule has 0 spiro atoms. The van der Waals surface area contributed by atoms with Crippen LogP contribution in [0.3, 0.4) is 0 Å². The van der Waals surface area contributed by atoms with Crippen LogP contribution in [0.1, 0.15) is 51.0 Å². The highest BCUT2D eigenvalue weighted by Gasteiger charge is 2.24. The highest BCUT2D eigenvalue weighted by molar-refractivity contribution is 5.87. The maximum Gasteiger partial charge on any atom is 0.239 e. The van der Waals surface area contributed by atoms with Crippen molar-refractivity contribution in [2.45, 2.75) is 57.5 Å². The zero-order chi connectivity index (χ0) is 17.5. The van der Waals surface area contributed by atoms with E-state index in [2.05, 4.69) is 34.9 Å². The summed E-state index contributed by atoms with van der Waals surface area (Å²) in [6, 6.07) is 10.2. The van der Waals surface area contributed by atoms with Crippen molar-refractivity contribution in [3.63, 3.8) is 0 Å². The van der Waals surface area contributed by atoms with Gasteiger partial charge in [0.25, 0.3) is 0 Å². The minimum absolute atomic E-state index is 0.00212. The SMILES string of the molecule is CC(C)[C@H](N)C(=O)NCC(=O)NC1CCC(c2ccccc2)CC1. The number of benzene rings is 1. The molecule has 0 heterocycles. The van der Waals surface area contributed by atoms with E-state index in [4.69, 9.17) is 5.73 Å². The Bertz CT molecular complexity index is 537. The van der Waals surface area contributed by atoms with Gasteiger partial charge in [0.15, 0.2) is 0 Å². The third kappa shape index (κ3) is 5.34. The summed E-state index contributed by atoms with van der Waals surface area (Å²) in [5, 5.41) is 5.63. The standard InChI is InChI=1S/C19H29N3O2/c1-13(2)18(20)19(24)21-12-17(23)22-16-10-8-15(9-11-16)14-6-4-3-5-7-14/h3-7,13,15-16,18H,8-12,20H2,1-2H3,(H,21,24)(H,22,23)/t15?,16?,18-/m0/s1. The zero-order valence-electron chi connectivity index (χ0n) is 14.6. The molecule has 1 aromatic carbocycles. The first-order valence-corrected chi connectivity index (χ1v) is 8.85. The van der Waals surface area contributed by atoms with Crippen LogP contribution in [0.15, 0.2) is 30.3 Å². The van der Waals surface area contributed by atoms with Crippen molar-refractivity contribution in [1.29, 1.82) is 0 Å². The molecular formula is C19H29N3O2. The van der Waals surface area contributed by atoms with E-state index >= 15 is 0 Å². The van der Waals surface area contributed by atoms with E-state index in [9.17, 15) is 9.59 Å². The second-order valence-electron chi connectivity index (χ2n) is 7.01. The average Bonchev–Trinajstić information content (AvgIpc) is 2.60. The maximum atomic E-state index is 12.0. The van der Waals surface area contributed by atoms with Crippen LogP contribution >= 0.6 is 0 Å². The van der Waals surface area contributed by atoms with Gasteiger partial charge in [-0.3, -0.25) is 9.59 Å². The maximum absolute atomic E-state index is 12.0. The zero-order valence-corrected chi connectivity index (χ0v) is 14.6. The summed E-state index contributed by atoms with van der Waals surface area (Å²) in [7, 11) is 0. The van der Waals surface area contributed by atoms with Crippen LogP contribution in [0, 0.1) is 5.92 Å². The van der Waals surface area contributed by atoms with E-state index in [0.29, 0.717) is 5.92 Å². The lowest BCUT2D eigenvalue weighted by atomic mass is 9.82. The first-order chi connectivity index (χ1) is 11.5. The molecule has 0 unspecified atom stereocenters. The Kier molecular flexibility index (Phi) is 6.79. The molecule has 0 aliphatic heterocycles. The summed E-state index contributed by atoms with van der Waals surface area (Å²) in [5.74, 6) is 0.236. The van der Waals surface area contributed by atoms with E-state index in [1.54, 1.807) is 0 Å². The largest absolute Gasteiger partial charge is 0.352 e. The van der Waals surface area contributed by atoms with Gasteiger partial charge in [0.2, 0.25) is 11.8 Å². The Morgan fingerprint density at radius 1 is 1.12 bits per heavy atom. The number of hydrogen-bond acceptors (Lipinski definition) is 3. The minimum atomic E-state index is -0.570. The molecular weight excluding hydrogens is 302 g/mol. The number of rotatable bonds is 6. The lowest BCUT2D eigenvalue weighted by Gasteiger charge is -2.29. The van der Waals surface area contributed by atoms with Gasteiger partial charge in [0.1, 0.15) is 0 Å². The monoisotopic (exact) mass is 331 g/mol. The van der Waals surface area contributed by atoms with Crippen molar-refractivity contribution in [3.05, 3.63) is 35.9 Å². The summed E-state index contributed by atoms with van der Waals surface area (Å²) in [4.78, 5) is 23.8. The molecule has 5 nitrogen and oxygen atoms in total. The van der Waals surface area contributed by atoms with Crippen LogP contribution in [-0.4, -0.2) is 30.4 Å². The lowest BCUT2D eigenvalue weighted by Crippen LogP contribution is -2.48. The fraction of sp³-hybridized carbons (Fsp3) is 0.579. The third-order valence-electron chi connectivity index (χ3n) is 4.81. The van der Waals surface area contributed by atoms with Gasteiger partial charge in [-0.05, 0) is 43.1 Å². The number of nitrogens with one attached hydrogen (secondary N) is 2. The Labute approximate surface area is 144 Å². The highest BCUT2D eigenvalue weighted by Crippen LogP contribution is 2.32. The molecule has 4 N–H and O–H groups in total. The van der Waals surface area contributed by atoms with Crippen LogP contribution < -0.4 is 16.4 Å². The number of nitrogens with two attached hydrogens (primary N) is 1. The van der Waals surface area contributed by atoms with Gasteiger partial charge in [-0.2, -0.15) is 0 Å². The van der Waals surface area contributed by atoms with Gasteiger partial charge in [-0.25, -0.2) is 0 Å². The molecule has 2 amide bonds. The number of carbonyl (C=O) groups is 2. The van der Waals surface area contributed by atoms with E-state index < -0.39 is 6.04 Å². The molecule has 1 saturated carbocycles. The molecule has 24 heavy (non-hydrogen) atoms. The molecule has 132 valence electrons. The van der Waals surface area contributed by atoms with Crippen molar-refractivity contribution >= 4 is 11.8 Å². The molecule has 1 aromatic rings. The predicted molar refractivity (Wildman–Crippen MR) is 95.4 cm³/mol. The Morgan fingerprint density at radius 3 is 2.33 bits per heavy atom. The van der Waals surface area contributed by atoms with Crippen molar-refractivity contribution in [2.75, 3.05) is 6.54 Å². The van der Waals surface area contributed by atoms with Crippen LogP contribution in [0.2, 0.25) is 0 Å². The summed E-state index contributed by atoms with van der Waals surface area (Å²) in [5.41, 5.74) is 7.14. The van der Waals surface area contributed by atoms with Crippen LogP contribution in [0.5, 0.6) is 0 Å². The molecule has 2 rings (SSSR count). The summed E-state index contributed by atoms with van der Waals surface area (Å²) >= 11 is 0. The van der Waals surface area contributed by atoms with E-state index in [1.807, 2.05) is 19.9 Å². The second kappa shape index (κ2) is 8.83. The topological polar surface area (TPSA) is 84.2 Å².